The van der Waals surface area contributed by atoms with Crippen LogP contribution in [0.1, 0.15) is 34.6 Å². The highest BCUT2D eigenvalue weighted by molar-refractivity contribution is 6.74. The van der Waals surface area contributed by atoms with Crippen molar-refractivity contribution >= 4 is 14.0 Å². The number of hydrogen-bond donors (Lipinski definition) is 1. The van der Waals surface area contributed by atoms with Crippen molar-refractivity contribution in [2.24, 2.45) is 10.9 Å². The lowest BCUT2D eigenvalue weighted by Gasteiger charge is -2.36. The maximum Gasteiger partial charge on any atom is 0.192 e. The van der Waals surface area contributed by atoms with E-state index in [0.29, 0.717) is 19.1 Å². The number of aliphatic imine (C=N–C) groups is 1. The fraction of sp³-hybridized carbons (Fsp3) is 0.800. The Hall–Kier alpha value is -0.453. The molecule has 0 saturated carbocycles. The summed E-state index contributed by atoms with van der Waals surface area (Å²) >= 11 is 0. The standard InChI is InChI=1S/C15H29NO2Si/c1-11(2)13-8-12(17)9-16-14(13)10-18-19(6,7)15(3,4)5/h8,11-12,17H,9-10H2,1-7H3. The Balaban J connectivity index is 2.75. The minimum absolute atomic E-state index is 0.212. The summed E-state index contributed by atoms with van der Waals surface area (Å²) in [5, 5.41) is 9.90. The molecule has 0 aromatic carbocycles. The van der Waals surface area contributed by atoms with E-state index in [2.05, 4.69) is 52.7 Å². The van der Waals surface area contributed by atoms with Crippen LogP contribution in [0.4, 0.5) is 0 Å². The van der Waals surface area contributed by atoms with Crippen LogP contribution in [-0.2, 0) is 4.43 Å². The van der Waals surface area contributed by atoms with Crippen LogP contribution >= 0.6 is 0 Å². The van der Waals surface area contributed by atoms with Gasteiger partial charge in [-0.05, 0) is 35.7 Å². The zero-order valence-corrected chi connectivity index (χ0v) is 14.4. The average molecular weight is 283 g/mol. The summed E-state index contributed by atoms with van der Waals surface area (Å²) in [6, 6.07) is 0. The summed E-state index contributed by atoms with van der Waals surface area (Å²) in [5.74, 6) is 0.372. The molecule has 0 spiro atoms. The maximum absolute atomic E-state index is 9.69. The Kier molecular flexibility index (Phi) is 5.15. The molecule has 0 saturated heterocycles. The predicted molar refractivity (Wildman–Crippen MR) is 84.4 cm³/mol. The predicted octanol–water partition coefficient (Wildman–Crippen LogP) is 3.41. The lowest BCUT2D eigenvalue weighted by molar-refractivity contribution is 0.228. The second-order valence-electron chi connectivity index (χ2n) is 7.18. The molecule has 0 amide bonds. The molecule has 110 valence electrons. The minimum atomic E-state index is -1.74. The van der Waals surface area contributed by atoms with E-state index in [4.69, 9.17) is 4.43 Å². The van der Waals surface area contributed by atoms with Crippen LogP contribution in [0.3, 0.4) is 0 Å². The van der Waals surface area contributed by atoms with E-state index >= 15 is 0 Å². The third-order valence-corrected chi connectivity index (χ3v) is 8.65. The minimum Gasteiger partial charge on any atom is -0.411 e. The molecule has 3 nitrogen and oxygen atoms in total. The smallest absolute Gasteiger partial charge is 0.192 e. The lowest BCUT2D eigenvalue weighted by atomic mass is 9.95. The van der Waals surface area contributed by atoms with Crippen LogP contribution in [0.25, 0.3) is 0 Å². The van der Waals surface area contributed by atoms with Gasteiger partial charge in [-0.25, -0.2) is 0 Å². The molecule has 1 aliphatic heterocycles. The van der Waals surface area contributed by atoms with E-state index in [9.17, 15) is 5.11 Å². The molecule has 0 radical (unpaired) electrons. The summed E-state index contributed by atoms with van der Waals surface area (Å²) in [6.07, 6.45) is 1.50. The van der Waals surface area contributed by atoms with Crippen LogP contribution in [0.2, 0.25) is 18.1 Å². The third-order valence-electron chi connectivity index (χ3n) is 4.17. The van der Waals surface area contributed by atoms with Crippen molar-refractivity contribution in [2.75, 3.05) is 13.2 Å². The average Bonchev–Trinajstić information content (AvgIpc) is 2.25. The molecule has 1 rings (SSSR count). The van der Waals surface area contributed by atoms with Crippen molar-refractivity contribution in [2.45, 2.75) is 58.9 Å². The highest BCUT2D eigenvalue weighted by atomic mass is 28.4. The second-order valence-corrected chi connectivity index (χ2v) is 12.0. The fourth-order valence-corrected chi connectivity index (χ4v) is 2.70. The van der Waals surface area contributed by atoms with Gasteiger partial charge in [-0.1, -0.05) is 34.6 Å². The van der Waals surface area contributed by atoms with Gasteiger partial charge in [0.25, 0.3) is 0 Å². The summed E-state index contributed by atoms with van der Waals surface area (Å²) in [7, 11) is -1.74. The van der Waals surface area contributed by atoms with Gasteiger partial charge in [0, 0.05) is 0 Å². The molecular formula is C15H29NO2Si. The van der Waals surface area contributed by atoms with Crippen LogP contribution in [0.15, 0.2) is 16.6 Å². The maximum atomic E-state index is 9.69. The third kappa shape index (κ3) is 4.26. The SMILES string of the molecule is CC(C)C1=CC(O)CN=C1CO[Si](C)(C)C(C)(C)C. The Bertz CT molecular complexity index is 378. The van der Waals surface area contributed by atoms with Crippen molar-refractivity contribution in [3.8, 4) is 0 Å². The molecule has 1 N–H and O–H groups in total. The first-order valence-electron chi connectivity index (χ1n) is 7.12. The van der Waals surface area contributed by atoms with Gasteiger partial charge in [0.1, 0.15) is 0 Å². The molecule has 1 atom stereocenters. The van der Waals surface area contributed by atoms with Gasteiger partial charge in [0.05, 0.1) is 25.0 Å². The lowest BCUT2D eigenvalue weighted by Crippen LogP contribution is -2.42. The first-order valence-corrected chi connectivity index (χ1v) is 10.0. The Morgan fingerprint density at radius 1 is 1.42 bits per heavy atom. The van der Waals surface area contributed by atoms with Crippen molar-refractivity contribution < 1.29 is 9.53 Å². The van der Waals surface area contributed by atoms with Crippen LogP contribution < -0.4 is 0 Å². The van der Waals surface area contributed by atoms with Crippen molar-refractivity contribution in [1.82, 2.24) is 0 Å². The number of rotatable bonds is 4. The first kappa shape index (κ1) is 16.6. The quantitative estimate of drug-likeness (QED) is 0.803. The highest BCUT2D eigenvalue weighted by Gasteiger charge is 2.37. The fourth-order valence-electron chi connectivity index (χ4n) is 1.77. The van der Waals surface area contributed by atoms with Gasteiger partial charge < -0.3 is 9.53 Å². The number of aliphatic hydroxyl groups excluding tert-OH is 1. The summed E-state index contributed by atoms with van der Waals surface area (Å²) in [4.78, 5) is 4.49. The van der Waals surface area contributed by atoms with E-state index in [-0.39, 0.29) is 5.04 Å². The number of hydrogen-bond acceptors (Lipinski definition) is 3. The molecule has 0 aromatic heterocycles. The zero-order valence-electron chi connectivity index (χ0n) is 13.4. The van der Waals surface area contributed by atoms with E-state index in [1.807, 2.05) is 6.08 Å². The molecular weight excluding hydrogens is 254 g/mol. The normalized spacial score (nSPS) is 21.4. The topological polar surface area (TPSA) is 41.8 Å². The monoisotopic (exact) mass is 283 g/mol. The van der Waals surface area contributed by atoms with Crippen LogP contribution in [-0.4, -0.2) is 38.4 Å². The van der Waals surface area contributed by atoms with Crippen LogP contribution in [0, 0.1) is 5.92 Å². The molecule has 1 unspecified atom stereocenters. The molecule has 1 aliphatic rings. The Labute approximate surface area is 118 Å². The van der Waals surface area contributed by atoms with Crippen molar-refractivity contribution in [1.29, 1.82) is 0 Å². The van der Waals surface area contributed by atoms with Gasteiger partial charge >= 0.3 is 0 Å². The number of aliphatic hydroxyl groups is 1. The molecule has 0 bridgehead atoms. The van der Waals surface area contributed by atoms with Gasteiger partial charge in [-0.2, -0.15) is 0 Å². The van der Waals surface area contributed by atoms with Gasteiger partial charge in [0.15, 0.2) is 8.32 Å². The van der Waals surface area contributed by atoms with Crippen molar-refractivity contribution in [3.05, 3.63) is 11.6 Å². The van der Waals surface area contributed by atoms with Crippen LogP contribution in [0.5, 0.6) is 0 Å². The van der Waals surface area contributed by atoms with E-state index < -0.39 is 14.4 Å². The molecule has 4 heteroatoms. The summed E-state index contributed by atoms with van der Waals surface area (Å²) in [6.45, 7) is 16.5. The molecule has 1 heterocycles. The second kappa shape index (κ2) is 5.90. The molecule has 0 aromatic rings. The van der Waals surface area contributed by atoms with Gasteiger partial charge in [-0.3, -0.25) is 4.99 Å². The highest BCUT2D eigenvalue weighted by Crippen LogP contribution is 2.36. The van der Waals surface area contributed by atoms with E-state index in [1.165, 1.54) is 0 Å². The first-order chi connectivity index (χ1) is 8.54. The van der Waals surface area contributed by atoms with Gasteiger partial charge in [-0.15, -0.1) is 0 Å². The Morgan fingerprint density at radius 2 is 2.00 bits per heavy atom. The summed E-state index contributed by atoms with van der Waals surface area (Å²) in [5.41, 5.74) is 2.16. The van der Waals surface area contributed by atoms with Crippen molar-refractivity contribution in [3.63, 3.8) is 0 Å². The largest absolute Gasteiger partial charge is 0.411 e. The van der Waals surface area contributed by atoms with E-state index in [0.717, 1.165) is 11.3 Å². The number of nitrogens with zero attached hydrogens (tertiary/aromatic N) is 1. The number of dihydropyridines is 1. The molecule has 19 heavy (non-hydrogen) atoms. The zero-order chi connectivity index (χ0) is 14.8. The molecule has 0 fully saturated rings. The van der Waals surface area contributed by atoms with E-state index in [1.54, 1.807) is 0 Å². The molecule has 0 aliphatic carbocycles. The van der Waals surface area contributed by atoms with Gasteiger partial charge in [0.2, 0.25) is 0 Å². The summed E-state index contributed by atoms with van der Waals surface area (Å²) < 4.78 is 6.23. The Morgan fingerprint density at radius 3 is 2.47 bits per heavy atom.